The summed E-state index contributed by atoms with van der Waals surface area (Å²) in [4.78, 5) is 8.36. The molecule has 0 radical (unpaired) electrons. The number of sulfonamides is 1. The van der Waals surface area contributed by atoms with Crippen LogP contribution in [-0.2, 0) is 16.6 Å². The van der Waals surface area contributed by atoms with Crippen molar-refractivity contribution < 1.29 is 8.42 Å². The predicted octanol–water partition coefficient (Wildman–Crippen LogP) is 1.31. The number of rotatable bonds is 5. The fourth-order valence-electron chi connectivity index (χ4n) is 1.74. The fourth-order valence-corrected chi connectivity index (χ4v) is 2.90. The van der Waals surface area contributed by atoms with Crippen molar-refractivity contribution in [1.82, 2.24) is 14.7 Å². The summed E-state index contributed by atoms with van der Waals surface area (Å²) in [6.07, 6.45) is 1.53. The van der Waals surface area contributed by atoms with Crippen LogP contribution in [0, 0.1) is 6.92 Å². The van der Waals surface area contributed by atoms with Crippen LogP contribution in [0.25, 0.3) is 0 Å². The molecule has 0 aliphatic carbocycles. The van der Waals surface area contributed by atoms with E-state index in [0.29, 0.717) is 11.5 Å². The zero-order valence-electron chi connectivity index (χ0n) is 11.3. The quantitative estimate of drug-likeness (QED) is 0.868. The maximum atomic E-state index is 12.3. The molecule has 0 aliphatic rings. The van der Waals surface area contributed by atoms with E-state index in [1.807, 2.05) is 19.1 Å². The van der Waals surface area contributed by atoms with Gasteiger partial charge in [-0.2, -0.15) is 0 Å². The monoisotopic (exact) mass is 292 g/mol. The zero-order chi connectivity index (χ0) is 14.6. The molecule has 2 heterocycles. The molecule has 2 N–H and O–H groups in total. The first kappa shape index (κ1) is 14.4. The lowest BCUT2D eigenvalue weighted by molar-refractivity contribution is 0.580. The van der Waals surface area contributed by atoms with Gasteiger partial charge in [-0.25, -0.2) is 18.1 Å². The average molecular weight is 292 g/mol. The van der Waals surface area contributed by atoms with E-state index >= 15 is 0 Å². The maximum Gasteiger partial charge on any atom is 0.244 e. The Morgan fingerprint density at radius 3 is 2.70 bits per heavy atom. The molecule has 0 fully saturated rings. The number of nitrogens with one attached hydrogen (secondary N) is 2. The van der Waals surface area contributed by atoms with Crippen LogP contribution in [0.15, 0.2) is 41.4 Å². The highest BCUT2D eigenvalue weighted by Gasteiger charge is 2.18. The standard InChI is InChI=1S/C13H16N4O2S/c1-10-5-3-6-11(17-10)9-16-20(18,19)12-7-4-8-15-13(12)14-2/h3-8,16H,9H2,1-2H3,(H,14,15). The Labute approximate surface area is 118 Å². The number of hydrogen-bond acceptors (Lipinski definition) is 5. The molecule has 0 saturated carbocycles. The zero-order valence-corrected chi connectivity index (χ0v) is 12.1. The van der Waals surface area contributed by atoms with Crippen molar-refractivity contribution in [2.75, 3.05) is 12.4 Å². The third kappa shape index (κ3) is 3.31. The van der Waals surface area contributed by atoms with E-state index in [0.717, 1.165) is 5.69 Å². The number of pyridine rings is 2. The van der Waals surface area contributed by atoms with Crippen molar-refractivity contribution in [2.45, 2.75) is 18.4 Å². The van der Waals surface area contributed by atoms with Gasteiger partial charge in [0.15, 0.2) is 0 Å². The summed E-state index contributed by atoms with van der Waals surface area (Å²) in [5, 5.41) is 2.76. The van der Waals surface area contributed by atoms with Gasteiger partial charge in [0.2, 0.25) is 10.0 Å². The van der Waals surface area contributed by atoms with Gasteiger partial charge in [-0.15, -0.1) is 0 Å². The molecule has 0 bridgehead atoms. The lowest BCUT2D eigenvalue weighted by Gasteiger charge is -2.10. The van der Waals surface area contributed by atoms with Crippen molar-refractivity contribution in [2.24, 2.45) is 0 Å². The molecule has 0 aromatic carbocycles. The Hall–Kier alpha value is -1.99. The van der Waals surface area contributed by atoms with E-state index < -0.39 is 10.0 Å². The third-order valence-corrected chi connectivity index (χ3v) is 4.12. The van der Waals surface area contributed by atoms with Crippen LogP contribution in [0.5, 0.6) is 0 Å². The minimum Gasteiger partial charge on any atom is -0.372 e. The average Bonchev–Trinajstić information content (AvgIpc) is 2.45. The van der Waals surface area contributed by atoms with Crippen LogP contribution in [0.4, 0.5) is 5.82 Å². The summed E-state index contributed by atoms with van der Waals surface area (Å²) >= 11 is 0. The molecule has 0 aliphatic heterocycles. The number of nitrogens with zero attached hydrogens (tertiary/aromatic N) is 2. The second-order valence-electron chi connectivity index (χ2n) is 4.20. The minimum atomic E-state index is -3.63. The first-order valence-electron chi connectivity index (χ1n) is 6.08. The van der Waals surface area contributed by atoms with E-state index in [-0.39, 0.29) is 11.4 Å². The lowest BCUT2D eigenvalue weighted by Crippen LogP contribution is -2.24. The molecule has 7 heteroatoms. The largest absolute Gasteiger partial charge is 0.372 e. The first-order valence-corrected chi connectivity index (χ1v) is 7.56. The molecule has 0 amide bonds. The van der Waals surface area contributed by atoms with Gasteiger partial charge in [0, 0.05) is 18.9 Å². The van der Waals surface area contributed by atoms with E-state index in [1.54, 1.807) is 19.2 Å². The first-order chi connectivity index (χ1) is 9.53. The van der Waals surface area contributed by atoms with Gasteiger partial charge in [0.25, 0.3) is 0 Å². The van der Waals surface area contributed by atoms with Gasteiger partial charge in [0.05, 0.1) is 12.2 Å². The highest BCUT2D eigenvalue weighted by Crippen LogP contribution is 2.17. The molecule has 2 aromatic rings. The summed E-state index contributed by atoms with van der Waals surface area (Å²) in [6, 6.07) is 8.57. The smallest absolute Gasteiger partial charge is 0.244 e. The second kappa shape index (κ2) is 5.98. The van der Waals surface area contributed by atoms with Crippen LogP contribution in [0.1, 0.15) is 11.4 Å². The topological polar surface area (TPSA) is 84.0 Å². The van der Waals surface area contributed by atoms with E-state index in [2.05, 4.69) is 20.0 Å². The molecule has 0 unspecified atom stereocenters. The molecule has 6 nitrogen and oxygen atoms in total. The minimum absolute atomic E-state index is 0.121. The van der Waals surface area contributed by atoms with Crippen molar-refractivity contribution in [3.8, 4) is 0 Å². The third-order valence-electron chi connectivity index (χ3n) is 2.69. The summed E-state index contributed by atoms with van der Waals surface area (Å²) < 4.78 is 27.0. The van der Waals surface area contributed by atoms with Crippen LogP contribution in [-0.4, -0.2) is 25.4 Å². The van der Waals surface area contributed by atoms with Gasteiger partial charge in [-0.1, -0.05) is 6.07 Å². The molecule has 2 rings (SSSR count). The number of aromatic nitrogens is 2. The summed E-state index contributed by atoms with van der Waals surface area (Å²) in [7, 11) is -2.00. The van der Waals surface area contributed by atoms with Gasteiger partial charge < -0.3 is 5.32 Å². The van der Waals surface area contributed by atoms with Gasteiger partial charge in [0.1, 0.15) is 10.7 Å². The number of anilines is 1. The van der Waals surface area contributed by atoms with E-state index in [9.17, 15) is 8.42 Å². The number of hydrogen-bond donors (Lipinski definition) is 2. The fraction of sp³-hybridized carbons (Fsp3) is 0.231. The molecule has 0 atom stereocenters. The molecule has 0 spiro atoms. The molecule has 106 valence electrons. The summed E-state index contributed by atoms with van der Waals surface area (Å²) in [6.45, 7) is 2.00. The van der Waals surface area contributed by atoms with Crippen LogP contribution in [0.3, 0.4) is 0 Å². The number of aryl methyl sites for hydroxylation is 1. The van der Waals surface area contributed by atoms with Crippen molar-refractivity contribution in [3.63, 3.8) is 0 Å². The Balaban J connectivity index is 2.19. The molecule has 0 saturated heterocycles. The van der Waals surface area contributed by atoms with Crippen molar-refractivity contribution in [3.05, 3.63) is 47.9 Å². The van der Waals surface area contributed by atoms with Gasteiger partial charge >= 0.3 is 0 Å². The Morgan fingerprint density at radius 2 is 2.00 bits per heavy atom. The van der Waals surface area contributed by atoms with E-state index in [4.69, 9.17) is 0 Å². The molecular formula is C13H16N4O2S. The van der Waals surface area contributed by atoms with Crippen LogP contribution >= 0.6 is 0 Å². The normalized spacial score (nSPS) is 11.3. The van der Waals surface area contributed by atoms with Gasteiger partial charge in [-0.3, -0.25) is 4.98 Å². The summed E-state index contributed by atoms with van der Waals surface area (Å²) in [5.74, 6) is 0.317. The Bertz CT molecular complexity index is 701. The molecule has 20 heavy (non-hydrogen) atoms. The highest BCUT2D eigenvalue weighted by atomic mass is 32.2. The predicted molar refractivity (Wildman–Crippen MR) is 76.8 cm³/mol. The Morgan fingerprint density at radius 1 is 1.20 bits per heavy atom. The Kier molecular flexibility index (Phi) is 4.31. The highest BCUT2D eigenvalue weighted by molar-refractivity contribution is 7.89. The van der Waals surface area contributed by atoms with Crippen molar-refractivity contribution >= 4 is 15.8 Å². The van der Waals surface area contributed by atoms with Crippen molar-refractivity contribution in [1.29, 1.82) is 0 Å². The SMILES string of the molecule is CNc1ncccc1S(=O)(=O)NCc1cccc(C)n1. The van der Waals surface area contributed by atoms with Crippen LogP contribution in [0.2, 0.25) is 0 Å². The maximum absolute atomic E-state index is 12.3. The van der Waals surface area contributed by atoms with Gasteiger partial charge in [-0.05, 0) is 31.2 Å². The van der Waals surface area contributed by atoms with E-state index in [1.165, 1.54) is 12.3 Å². The van der Waals surface area contributed by atoms with Crippen LogP contribution < -0.4 is 10.0 Å². The molecule has 2 aromatic heterocycles. The second-order valence-corrected chi connectivity index (χ2v) is 5.93. The molecular weight excluding hydrogens is 276 g/mol. The lowest BCUT2D eigenvalue weighted by atomic mass is 10.3. The summed E-state index contributed by atoms with van der Waals surface area (Å²) in [5.41, 5.74) is 1.52.